The summed E-state index contributed by atoms with van der Waals surface area (Å²) in [5.41, 5.74) is 0. The predicted octanol–water partition coefficient (Wildman–Crippen LogP) is 1.14. The van der Waals surface area contributed by atoms with E-state index in [2.05, 4.69) is 20.2 Å². The van der Waals surface area contributed by atoms with Crippen LogP contribution in [-0.4, -0.2) is 49.9 Å². The van der Waals surface area contributed by atoms with Crippen molar-refractivity contribution < 1.29 is 9.47 Å². The number of anilines is 2. The summed E-state index contributed by atoms with van der Waals surface area (Å²) < 4.78 is 10.9. The van der Waals surface area contributed by atoms with Crippen LogP contribution in [0.4, 0.5) is 11.6 Å². The predicted molar refractivity (Wildman–Crippen MR) is 70.4 cm³/mol. The Hall–Kier alpha value is -1.56. The van der Waals surface area contributed by atoms with Gasteiger partial charge in [0, 0.05) is 26.2 Å². The number of methoxy groups -OCH3 is 1. The minimum atomic E-state index is 0.709. The van der Waals surface area contributed by atoms with Crippen molar-refractivity contribution in [3.63, 3.8) is 0 Å². The van der Waals surface area contributed by atoms with Crippen molar-refractivity contribution in [1.29, 1.82) is 0 Å². The van der Waals surface area contributed by atoms with Crippen LogP contribution in [0.1, 0.15) is 13.3 Å². The molecule has 0 aliphatic carbocycles. The standard InChI is InChI=1S/C12H20N4O2/c1-3-13-11-10(17-2)12(15-9-14-11)16-5-4-7-18-8-6-16/h9H,3-8H2,1-2H3,(H,13,14,15). The number of nitrogens with zero attached hydrogens (tertiary/aromatic N) is 3. The average Bonchev–Trinajstić information content (AvgIpc) is 2.67. The fraction of sp³-hybridized carbons (Fsp3) is 0.667. The van der Waals surface area contributed by atoms with Gasteiger partial charge in [0.2, 0.25) is 5.75 Å². The summed E-state index contributed by atoms with van der Waals surface area (Å²) in [6, 6.07) is 0. The van der Waals surface area contributed by atoms with E-state index in [0.717, 1.165) is 50.9 Å². The van der Waals surface area contributed by atoms with Crippen molar-refractivity contribution in [2.24, 2.45) is 0 Å². The third-order valence-corrected chi connectivity index (χ3v) is 2.86. The molecular formula is C12H20N4O2. The maximum Gasteiger partial charge on any atom is 0.204 e. The van der Waals surface area contributed by atoms with Crippen LogP contribution in [0.15, 0.2) is 6.33 Å². The van der Waals surface area contributed by atoms with Gasteiger partial charge >= 0.3 is 0 Å². The molecule has 0 saturated carbocycles. The summed E-state index contributed by atoms with van der Waals surface area (Å²) >= 11 is 0. The van der Waals surface area contributed by atoms with Crippen LogP contribution in [0.5, 0.6) is 5.75 Å². The van der Waals surface area contributed by atoms with Gasteiger partial charge in [0.25, 0.3) is 0 Å². The Morgan fingerprint density at radius 2 is 2.28 bits per heavy atom. The monoisotopic (exact) mass is 252 g/mol. The van der Waals surface area contributed by atoms with Crippen LogP contribution < -0.4 is 15.0 Å². The Kier molecular flexibility index (Phi) is 4.58. The van der Waals surface area contributed by atoms with Crippen molar-refractivity contribution >= 4 is 11.6 Å². The molecule has 1 N–H and O–H groups in total. The van der Waals surface area contributed by atoms with Crippen molar-refractivity contribution in [3.8, 4) is 5.75 Å². The summed E-state index contributed by atoms with van der Waals surface area (Å²) in [7, 11) is 1.65. The third-order valence-electron chi connectivity index (χ3n) is 2.86. The van der Waals surface area contributed by atoms with E-state index in [4.69, 9.17) is 9.47 Å². The number of hydrogen-bond donors (Lipinski definition) is 1. The molecule has 18 heavy (non-hydrogen) atoms. The Balaban J connectivity index is 2.27. The Labute approximate surface area is 107 Å². The van der Waals surface area contributed by atoms with Gasteiger partial charge in [-0.2, -0.15) is 0 Å². The molecule has 0 atom stereocenters. The molecule has 0 unspecified atom stereocenters. The number of aromatic nitrogens is 2. The second-order valence-corrected chi connectivity index (χ2v) is 4.06. The molecule has 1 aromatic rings. The first kappa shape index (κ1) is 12.9. The van der Waals surface area contributed by atoms with Gasteiger partial charge in [-0.05, 0) is 13.3 Å². The highest BCUT2D eigenvalue weighted by Gasteiger charge is 2.19. The summed E-state index contributed by atoms with van der Waals surface area (Å²) in [6.45, 7) is 6.13. The summed E-state index contributed by atoms with van der Waals surface area (Å²) in [4.78, 5) is 10.8. The maximum atomic E-state index is 5.46. The molecule has 1 fully saturated rings. The van der Waals surface area contributed by atoms with Gasteiger partial charge in [0.1, 0.15) is 6.33 Å². The van der Waals surface area contributed by atoms with Crippen LogP contribution >= 0.6 is 0 Å². The molecule has 0 bridgehead atoms. The molecule has 1 aromatic heterocycles. The van der Waals surface area contributed by atoms with Crippen LogP contribution in [0.3, 0.4) is 0 Å². The number of nitrogens with one attached hydrogen (secondary N) is 1. The molecule has 100 valence electrons. The molecular weight excluding hydrogens is 232 g/mol. The van der Waals surface area contributed by atoms with E-state index < -0.39 is 0 Å². The normalized spacial score (nSPS) is 16.2. The lowest BCUT2D eigenvalue weighted by molar-refractivity contribution is 0.152. The molecule has 1 aliphatic rings. The Morgan fingerprint density at radius 3 is 3.06 bits per heavy atom. The van der Waals surface area contributed by atoms with Gasteiger partial charge in [-0.3, -0.25) is 0 Å². The van der Waals surface area contributed by atoms with Gasteiger partial charge in [0.15, 0.2) is 11.6 Å². The molecule has 1 aliphatic heterocycles. The van der Waals surface area contributed by atoms with Crippen molar-refractivity contribution in [2.75, 3.05) is 50.2 Å². The first-order chi connectivity index (χ1) is 8.86. The van der Waals surface area contributed by atoms with Gasteiger partial charge in [-0.25, -0.2) is 9.97 Å². The topological polar surface area (TPSA) is 59.5 Å². The van der Waals surface area contributed by atoms with E-state index in [1.165, 1.54) is 0 Å². The lowest BCUT2D eigenvalue weighted by Crippen LogP contribution is -2.27. The molecule has 0 radical (unpaired) electrons. The Morgan fingerprint density at radius 1 is 1.39 bits per heavy atom. The zero-order chi connectivity index (χ0) is 12.8. The Bertz CT molecular complexity index is 378. The van der Waals surface area contributed by atoms with Crippen molar-refractivity contribution in [1.82, 2.24) is 9.97 Å². The molecule has 2 rings (SSSR count). The first-order valence-corrected chi connectivity index (χ1v) is 6.32. The van der Waals surface area contributed by atoms with Gasteiger partial charge in [-0.1, -0.05) is 0 Å². The van der Waals surface area contributed by atoms with Crippen LogP contribution in [0.25, 0.3) is 0 Å². The third kappa shape index (κ3) is 2.81. The lowest BCUT2D eigenvalue weighted by atomic mass is 10.3. The van der Waals surface area contributed by atoms with E-state index in [-0.39, 0.29) is 0 Å². The van der Waals surface area contributed by atoms with Crippen molar-refractivity contribution in [2.45, 2.75) is 13.3 Å². The zero-order valence-electron chi connectivity index (χ0n) is 11.0. The lowest BCUT2D eigenvalue weighted by Gasteiger charge is -2.23. The van der Waals surface area contributed by atoms with E-state index >= 15 is 0 Å². The number of hydrogen-bond acceptors (Lipinski definition) is 6. The minimum absolute atomic E-state index is 0.709. The second kappa shape index (κ2) is 6.39. The second-order valence-electron chi connectivity index (χ2n) is 4.06. The number of rotatable bonds is 4. The van der Waals surface area contributed by atoms with E-state index in [9.17, 15) is 0 Å². The molecule has 6 heteroatoms. The highest BCUT2D eigenvalue weighted by molar-refractivity contribution is 5.64. The highest BCUT2D eigenvalue weighted by Crippen LogP contribution is 2.32. The molecule has 6 nitrogen and oxygen atoms in total. The largest absolute Gasteiger partial charge is 0.490 e. The zero-order valence-corrected chi connectivity index (χ0v) is 11.0. The van der Waals surface area contributed by atoms with Crippen LogP contribution in [0, 0.1) is 0 Å². The quantitative estimate of drug-likeness (QED) is 0.867. The summed E-state index contributed by atoms with van der Waals surface area (Å²) in [5, 5.41) is 3.19. The van der Waals surface area contributed by atoms with E-state index in [0.29, 0.717) is 5.75 Å². The van der Waals surface area contributed by atoms with Crippen LogP contribution in [-0.2, 0) is 4.74 Å². The molecule has 1 saturated heterocycles. The fourth-order valence-electron chi connectivity index (χ4n) is 2.03. The first-order valence-electron chi connectivity index (χ1n) is 6.32. The molecule has 2 heterocycles. The smallest absolute Gasteiger partial charge is 0.204 e. The molecule has 0 aromatic carbocycles. The summed E-state index contributed by atoms with van der Waals surface area (Å²) in [5.74, 6) is 2.30. The van der Waals surface area contributed by atoms with Gasteiger partial charge in [0.05, 0.1) is 13.7 Å². The maximum absolute atomic E-state index is 5.46. The average molecular weight is 252 g/mol. The van der Waals surface area contributed by atoms with Gasteiger partial charge < -0.3 is 19.7 Å². The minimum Gasteiger partial charge on any atom is -0.490 e. The van der Waals surface area contributed by atoms with E-state index in [1.807, 2.05) is 6.92 Å². The fourth-order valence-corrected chi connectivity index (χ4v) is 2.03. The number of ether oxygens (including phenoxy) is 2. The molecule has 0 spiro atoms. The van der Waals surface area contributed by atoms with Crippen molar-refractivity contribution in [3.05, 3.63) is 6.33 Å². The molecule has 0 amide bonds. The summed E-state index contributed by atoms with van der Waals surface area (Å²) in [6.07, 6.45) is 2.57. The van der Waals surface area contributed by atoms with E-state index in [1.54, 1.807) is 13.4 Å². The highest BCUT2D eigenvalue weighted by atomic mass is 16.5. The van der Waals surface area contributed by atoms with Gasteiger partial charge in [-0.15, -0.1) is 0 Å². The SMILES string of the molecule is CCNc1ncnc(N2CCCOCC2)c1OC. The van der Waals surface area contributed by atoms with Crippen LogP contribution in [0.2, 0.25) is 0 Å².